The van der Waals surface area contributed by atoms with E-state index in [0.29, 0.717) is 6.42 Å². The highest BCUT2D eigenvalue weighted by molar-refractivity contribution is 8.00. The lowest BCUT2D eigenvalue weighted by atomic mass is 10.2. The molecule has 0 saturated carbocycles. The summed E-state index contributed by atoms with van der Waals surface area (Å²) in [5.41, 5.74) is 1.14. The van der Waals surface area contributed by atoms with Gasteiger partial charge in [-0.25, -0.2) is 8.42 Å². The van der Waals surface area contributed by atoms with Crippen LogP contribution >= 0.6 is 11.8 Å². The predicted octanol–water partition coefficient (Wildman–Crippen LogP) is 2.12. The van der Waals surface area contributed by atoms with E-state index in [4.69, 9.17) is 0 Å². The molecule has 22 heavy (non-hydrogen) atoms. The van der Waals surface area contributed by atoms with E-state index in [0.717, 1.165) is 11.3 Å². The zero-order chi connectivity index (χ0) is 16.0. The van der Waals surface area contributed by atoms with Crippen LogP contribution < -0.4 is 5.32 Å². The third-order valence-electron chi connectivity index (χ3n) is 3.50. The van der Waals surface area contributed by atoms with Crippen molar-refractivity contribution in [3.05, 3.63) is 42.0 Å². The Kier molecular flexibility index (Phi) is 6.08. The van der Waals surface area contributed by atoms with Gasteiger partial charge in [-0.1, -0.05) is 42.5 Å². The van der Waals surface area contributed by atoms with E-state index in [-0.39, 0.29) is 28.7 Å². The summed E-state index contributed by atoms with van der Waals surface area (Å²) in [5.74, 6) is 0.913. The number of sulfone groups is 1. The highest BCUT2D eigenvalue weighted by Gasteiger charge is 2.29. The van der Waals surface area contributed by atoms with Crippen molar-refractivity contribution in [1.29, 1.82) is 0 Å². The van der Waals surface area contributed by atoms with Crippen molar-refractivity contribution in [3.8, 4) is 0 Å². The Balaban J connectivity index is 1.72. The molecule has 1 heterocycles. The first-order chi connectivity index (χ1) is 10.5. The van der Waals surface area contributed by atoms with Gasteiger partial charge in [-0.3, -0.25) is 4.79 Å². The first-order valence-electron chi connectivity index (χ1n) is 7.30. The van der Waals surface area contributed by atoms with Crippen LogP contribution in [0.1, 0.15) is 18.9 Å². The van der Waals surface area contributed by atoms with Gasteiger partial charge < -0.3 is 5.32 Å². The predicted molar refractivity (Wildman–Crippen MR) is 92.6 cm³/mol. The maximum Gasteiger partial charge on any atom is 0.233 e. The molecule has 0 aliphatic carbocycles. The smallest absolute Gasteiger partial charge is 0.233 e. The normalized spacial score (nSPS) is 21.8. The molecule has 1 aliphatic rings. The van der Waals surface area contributed by atoms with Crippen LogP contribution in [0.5, 0.6) is 0 Å². The zero-order valence-corrected chi connectivity index (χ0v) is 14.2. The fourth-order valence-electron chi connectivity index (χ4n) is 2.25. The Hall–Kier alpha value is -1.27. The van der Waals surface area contributed by atoms with Crippen LogP contribution in [0.3, 0.4) is 0 Å². The molecule has 1 aliphatic heterocycles. The van der Waals surface area contributed by atoms with Crippen LogP contribution in [0.25, 0.3) is 6.08 Å². The summed E-state index contributed by atoms with van der Waals surface area (Å²) in [7, 11) is -2.95. The molecule has 2 rings (SSSR count). The number of benzene rings is 1. The molecular weight excluding hydrogens is 318 g/mol. The fourth-order valence-corrected chi connectivity index (χ4v) is 4.64. The molecule has 2 atom stereocenters. The number of amides is 1. The van der Waals surface area contributed by atoms with Gasteiger partial charge in [-0.15, -0.1) is 11.8 Å². The van der Waals surface area contributed by atoms with Crippen molar-refractivity contribution in [2.24, 2.45) is 0 Å². The van der Waals surface area contributed by atoms with E-state index < -0.39 is 9.84 Å². The minimum atomic E-state index is -2.95. The Morgan fingerprint density at radius 2 is 2.14 bits per heavy atom. The van der Waals surface area contributed by atoms with Crippen molar-refractivity contribution >= 4 is 33.6 Å². The topological polar surface area (TPSA) is 63.2 Å². The number of hydrogen-bond donors (Lipinski definition) is 1. The molecule has 4 nitrogen and oxygen atoms in total. The molecule has 1 aromatic carbocycles. The van der Waals surface area contributed by atoms with Crippen LogP contribution in [0.15, 0.2) is 36.4 Å². The van der Waals surface area contributed by atoms with Crippen molar-refractivity contribution in [3.63, 3.8) is 0 Å². The summed E-state index contributed by atoms with van der Waals surface area (Å²) < 4.78 is 22.7. The number of hydrogen-bond acceptors (Lipinski definition) is 4. The minimum absolute atomic E-state index is 0.0734. The molecule has 0 bridgehead atoms. The highest BCUT2D eigenvalue weighted by atomic mass is 32.2. The van der Waals surface area contributed by atoms with Crippen LogP contribution in [0, 0.1) is 0 Å². The van der Waals surface area contributed by atoms with E-state index in [2.05, 4.69) is 5.32 Å². The van der Waals surface area contributed by atoms with Gasteiger partial charge >= 0.3 is 0 Å². The number of thioether (sulfide) groups is 1. The second kappa shape index (κ2) is 7.83. The van der Waals surface area contributed by atoms with Gasteiger partial charge in [0.25, 0.3) is 0 Å². The molecule has 1 fully saturated rings. The van der Waals surface area contributed by atoms with Crippen molar-refractivity contribution in [1.82, 2.24) is 5.32 Å². The van der Waals surface area contributed by atoms with Gasteiger partial charge in [0.2, 0.25) is 5.91 Å². The number of nitrogens with one attached hydrogen (secondary N) is 1. The lowest BCUT2D eigenvalue weighted by molar-refractivity contribution is -0.120. The summed E-state index contributed by atoms with van der Waals surface area (Å²) in [6.45, 7) is 1.85. The first-order valence-corrected chi connectivity index (χ1v) is 10.2. The lowest BCUT2D eigenvalue weighted by Crippen LogP contribution is -2.40. The lowest BCUT2D eigenvalue weighted by Gasteiger charge is -2.15. The first kappa shape index (κ1) is 17.1. The summed E-state index contributed by atoms with van der Waals surface area (Å²) in [6.07, 6.45) is 4.59. The van der Waals surface area contributed by atoms with Gasteiger partial charge in [0.1, 0.15) is 0 Å². The number of carbonyl (C=O) groups excluding carboxylic acids is 1. The summed E-state index contributed by atoms with van der Waals surface area (Å²) in [6, 6.07) is 9.77. The third-order valence-corrected chi connectivity index (χ3v) is 6.37. The zero-order valence-electron chi connectivity index (χ0n) is 12.6. The molecule has 0 aromatic heterocycles. The third kappa shape index (κ3) is 5.50. The maximum absolute atomic E-state index is 12.0. The summed E-state index contributed by atoms with van der Waals surface area (Å²) in [5, 5.41) is 2.64. The second-order valence-corrected chi connectivity index (χ2v) is 9.00. The summed E-state index contributed by atoms with van der Waals surface area (Å²) >= 11 is 1.54. The van der Waals surface area contributed by atoms with Gasteiger partial charge in [-0.2, -0.15) is 0 Å². The highest BCUT2D eigenvalue weighted by Crippen LogP contribution is 2.15. The van der Waals surface area contributed by atoms with E-state index in [1.54, 1.807) is 0 Å². The van der Waals surface area contributed by atoms with Crippen LogP contribution in [0.4, 0.5) is 0 Å². The Morgan fingerprint density at radius 1 is 1.41 bits per heavy atom. The van der Waals surface area contributed by atoms with Crippen LogP contribution in [0.2, 0.25) is 0 Å². The molecule has 6 heteroatoms. The van der Waals surface area contributed by atoms with Crippen molar-refractivity contribution in [2.75, 3.05) is 17.3 Å². The quantitative estimate of drug-likeness (QED) is 0.862. The standard InChI is InChI=1S/C16H21NO3S2/c1-13(16(18)17-15-9-11-22(19,20)12-15)21-10-5-8-14-6-3-2-4-7-14/h2-8,13,15H,9-12H2,1H3,(H,17,18). The van der Waals surface area contributed by atoms with Gasteiger partial charge in [0, 0.05) is 11.8 Å². The molecule has 120 valence electrons. The monoisotopic (exact) mass is 339 g/mol. The van der Waals surface area contributed by atoms with Crippen LogP contribution in [-0.2, 0) is 14.6 Å². The average molecular weight is 339 g/mol. The second-order valence-electron chi connectivity index (χ2n) is 5.40. The SMILES string of the molecule is CC(SCC=Cc1ccccc1)C(=O)NC1CCS(=O)(=O)C1. The molecule has 0 radical (unpaired) electrons. The minimum Gasteiger partial charge on any atom is -0.351 e. The number of rotatable bonds is 6. The molecule has 1 amide bonds. The molecule has 0 spiro atoms. The molecular formula is C16H21NO3S2. The molecule has 1 N–H and O–H groups in total. The van der Waals surface area contributed by atoms with E-state index >= 15 is 0 Å². The largest absolute Gasteiger partial charge is 0.351 e. The van der Waals surface area contributed by atoms with E-state index in [1.165, 1.54) is 11.8 Å². The summed E-state index contributed by atoms with van der Waals surface area (Å²) in [4.78, 5) is 12.0. The van der Waals surface area contributed by atoms with Gasteiger partial charge in [0.15, 0.2) is 9.84 Å². The molecule has 1 saturated heterocycles. The van der Waals surface area contributed by atoms with Crippen LogP contribution in [-0.4, -0.2) is 42.9 Å². The fraction of sp³-hybridized carbons (Fsp3) is 0.438. The van der Waals surface area contributed by atoms with Crippen molar-refractivity contribution in [2.45, 2.75) is 24.6 Å². The van der Waals surface area contributed by atoms with Gasteiger partial charge in [0.05, 0.1) is 16.8 Å². The molecule has 2 unspecified atom stereocenters. The van der Waals surface area contributed by atoms with Crippen molar-refractivity contribution < 1.29 is 13.2 Å². The Morgan fingerprint density at radius 3 is 2.77 bits per heavy atom. The average Bonchev–Trinajstić information content (AvgIpc) is 2.83. The van der Waals surface area contributed by atoms with E-state index in [1.807, 2.05) is 49.4 Å². The maximum atomic E-state index is 12.0. The Bertz CT molecular complexity index is 626. The Labute approximate surface area is 136 Å². The van der Waals surface area contributed by atoms with Gasteiger partial charge in [-0.05, 0) is 18.9 Å². The number of carbonyl (C=O) groups is 1. The molecule has 1 aromatic rings. The van der Waals surface area contributed by atoms with E-state index in [9.17, 15) is 13.2 Å².